The fraction of sp³-hybridized carbons (Fsp3) is 0.400. The number of fused-ring (bicyclic) bond motifs is 1. The smallest absolute Gasteiger partial charge is 0.0843 e. The normalized spacial score (nSPS) is 26.9. The molecule has 13 heavy (non-hydrogen) atoms. The molecule has 0 saturated heterocycles. The van der Waals surface area contributed by atoms with Gasteiger partial charge in [0.15, 0.2) is 0 Å². The predicted octanol–water partition coefficient (Wildman–Crippen LogP) is 0.0892. The van der Waals surface area contributed by atoms with E-state index in [1.165, 1.54) is 0 Å². The highest BCUT2D eigenvalue weighted by atomic mass is 16.3. The number of rotatable bonds is 0. The summed E-state index contributed by atoms with van der Waals surface area (Å²) in [4.78, 5) is 0. The average Bonchev–Trinajstić information content (AvgIpc) is 2.09. The third kappa shape index (κ3) is 1.41. The third-order valence-corrected chi connectivity index (χ3v) is 2.60. The summed E-state index contributed by atoms with van der Waals surface area (Å²) in [5.41, 5.74) is 8.51. The van der Waals surface area contributed by atoms with Gasteiger partial charge in [-0.2, -0.15) is 0 Å². The fourth-order valence-electron chi connectivity index (χ4n) is 1.80. The predicted molar refractivity (Wildman–Crippen MR) is 50.3 cm³/mol. The first-order chi connectivity index (χ1) is 6.18. The monoisotopic (exact) mass is 179 g/mol. The molecule has 4 N–H and O–H groups in total. The van der Waals surface area contributed by atoms with Crippen molar-refractivity contribution in [2.45, 2.75) is 25.0 Å². The maximum atomic E-state index is 9.44. The molecule has 2 atom stereocenters. The van der Waals surface area contributed by atoms with Crippen molar-refractivity contribution in [2.24, 2.45) is 0 Å². The van der Waals surface area contributed by atoms with Crippen molar-refractivity contribution >= 4 is 5.69 Å². The number of benzene rings is 1. The molecule has 1 aliphatic rings. The molecule has 0 spiro atoms. The van der Waals surface area contributed by atoms with E-state index < -0.39 is 12.2 Å². The highest BCUT2D eigenvalue weighted by Gasteiger charge is 2.25. The van der Waals surface area contributed by atoms with E-state index >= 15 is 0 Å². The van der Waals surface area contributed by atoms with Crippen LogP contribution in [0.2, 0.25) is 0 Å². The SMILES string of the molecule is Nc1cccc2c1C[C@H](O)[C@H](O)C2. The fourth-order valence-corrected chi connectivity index (χ4v) is 1.80. The molecule has 0 radical (unpaired) electrons. The van der Waals surface area contributed by atoms with Crippen molar-refractivity contribution in [3.8, 4) is 0 Å². The van der Waals surface area contributed by atoms with Crippen LogP contribution in [0, 0.1) is 0 Å². The molecule has 1 aliphatic carbocycles. The van der Waals surface area contributed by atoms with Gasteiger partial charge in [0.05, 0.1) is 12.2 Å². The summed E-state index contributed by atoms with van der Waals surface area (Å²) in [5, 5.41) is 18.9. The number of hydrogen-bond acceptors (Lipinski definition) is 3. The van der Waals surface area contributed by atoms with E-state index in [0.29, 0.717) is 18.5 Å². The molecular weight excluding hydrogens is 166 g/mol. The molecule has 0 bridgehead atoms. The van der Waals surface area contributed by atoms with Crippen molar-refractivity contribution in [1.29, 1.82) is 0 Å². The molecule has 0 saturated carbocycles. The summed E-state index contributed by atoms with van der Waals surface area (Å²) in [5.74, 6) is 0. The summed E-state index contributed by atoms with van der Waals surface area (Å²) in [6.07, 6.45) is -0.350. The van der Waals surface area contributed by atoms with Crippen molar-refractivity contribution in [3.05, 3.63) is 29.3 Å². The van der Waals surface area contributed by atoms with Gasteiger partial charge in [-0.3, -0.25) is 0 Å². The summed E-state index contributed by atoms with van der Waals surface area (Å²) >= 11 is 0. The van der Waals surface area contributed by atoms with Crippen LogP contribution in [0.25, 0.3) is 0 Å². The lowest BCUT2D eigenvalue weighted by atomic mass is 9.87. The molecule has 0 aliphatic heterocycles. The largest absolute Gasteiger partial charge is 0.398 e. The summed E-state index contributed by atoms with van der Waals surface area (Å²) in [6, 6.07) is 5.64. The number of anilines is 1. The zero-order valence-electron chi connectivity index (χ0n) is 7.27. The Morgan fingerprint density at radius 2 is 1.85 bits per heavy atom. The Labute approximate surface area is 76.8 Å². The van der Waals surface area contributed by atoms with Crippen LogP contribution in [0.3, 0.4) is 0 Å². The first-order valence-corrected chi connectivity index (χ1v) is 4.41. The minimum absolute atomic E-state index is 0.461. The van der Waals surface area contributed by atoms with E-state index in [2.05, 4.69) is 0 Å². The van der Waals surface area contributed by atoms with E-state index in [4.69, 9.17) is 5.73 Å². The summed E-state index contributed by atoms with van der Waals surface area (Å²) < 4.78 is 0. The van der Waals surface area contributed by atoms with Crippen LogP contribution in [0.4, 0.5) is 5.69 Å². The summed E-state index contributed by atoms with van der Waals surface area (Å²) in [7, 11) is 0. The van der Waals surface area contributed by atoms with Crippen LogP contribution in [0.15, 0.2) is 18.2 Å². The molecule has 0 amide bonds. The van der Waals surface area contributed by atoms with Gasteiger partial charge in [0.25, 0.3) is 0 Å². The number of aliphatic hydroxyl groups is 2. The van der Waals surface area contributed by atoms with Crippen LogP contribution in [-0.2, 0) is 12.8 Å². The van der Waals surface area contributed by atoms with Gasteiger partial charge in [0.1, 0.15) is 0 Å². The molecule has 0 aromatic heterocycles. The molecule has 3 heteroatoms. The molecule has 0 unspecified atom stereocenters. The Morgan fingerprint density at radius 1 is 1.15 bits per heavy atom. The van der Waals surface area contributed by atoms with Crippen LogP contribution in [0.1, 0.15) is 11.1 Å². The van der Waals surface area contributed by atoms with Crippen LogP contribution in [-0.4, -0.2) is 22.4 Å². The van der Waals surface area contributed by atoms with E-state index in [1.54, 1.807) is 0 Å². The Morgan fingerprint density at radius 3 is 2.62 bits per heavy atom. The van der Waals surface area contributed by atoms with Crippen LogP contribution in [0.5, 0.6) is 0 Å². The molecule has 1 aromatic carbocycles. The molecule has 1 aromatic rings. The maximum Gasteiger partial charge on any atom is 0.0843 e. The van der Waals surface area contributed by atoms with E-state index in [0.717, 1.165) is 11.1 Å². The van der Waals surface area contributed by atoms with Gasteiger partial charge in [-0.1, -0.05) is 12.1 Å². The van der Waals surface area contributed by atoms with Crippen LogP contribution >= 0.6 is 0 Å². The Bertz CT molecular complexity index is 325. The Hall–Kier alpha value is -1.06. The molecule has 3 nitrogen and oxygen atoms in total. The highest BCUT2D eigenvalue weighted by molar-refractivity contribution is 5.52. The van der Waals surface area contributed by atoms with Gasteiger partial charge in [0.2, 0.25) is 0 Å². The lowest BCUT2D eigenvalue weighted by Gasteiger charge is -2.26. The zero-order valence-corrected chi connectivity index (χ0v) is 7.27. The van der Waals surface area contributed by atoms with Gasteiger partial charge in [-0.25, -0.2) is 0 Å². The van der Waals surface area contributed by atoms with Gasteiger partial charge in [-0.15, -0.1) is 0 Å². The quantitative estimate of drug-likeness (QED) is 0.494. The van der Waals surface area contributed by atoms with Gasteiger partial charge in [-0.05, 0) is 17.2 Å². The number of hydrogen-bond donors (Lipinski definition) is 3. The molecular formula is C10H13NO2. The van der Waals surface area contributed by atoms with Gasteiger partial charge >= 0.3 is 0 Å². The third-order valence-electron chi connectivity index (χ3n) is 2.60. The standard InChI is InChI=1S/C10H13NO2/c11-8-3-1-2-6-4-9(12)10(13)5-7(6)8/h1-3,9-10,12-13H,4-5,11H2/t9-,10+/m1/s1. The summed E-state index contributed by atoms with van der Waals surface area (Å²) in [6.45, 7) is 0. The first-order valence-electron chi connectivity index (χ1n) is 4.41. The van der Waals surface area contributed by atoms with Crippen molar-refractivity contribution in [1.82, 2.24) is 0 Å². The molecule has 70 valence electrons. The molecule has 2 rings (SSSR count). The topological polar surface area (TPSA) is 66.5 Å². The highest BCUT2D eigenvalue weighted by Crippen LogP contribution is 2.26. The van der Waals surface area contributed by atoms with E-state index in [1.807, 2.05) is 18.2 Å². The number of nitrogen functional groups attached to an aromatic ring is 1. The average molecular weight is 179 g/mol. The zero-order chi connectivity index (χ0) is 9.42. The van der Waals surface area contributed by atoms with Crippen molar-refractivity contribution < 1.29 is 10.2 Å². The minimum Gasteiger partial charge on any atom is -0.398 e. The Balaban J connectivity index is 2.42. The van der Waals surface area contributed by atoms with Gasteiger partial charge in [0, 0.05) is 18.5 Å². The maximum absolute atomic E-state index is 9.44. The second kappa shape index (κ2) is 3.01. The second-order valence-electron chi connectivity index (χ2n) is 3.53. The Kier molecular flexibility index (Phi) is 1.98. The molecule has 0 heterocycles. The van der Waals surface area contributed by atoms with Crippen molar-refractivity contribution in [2.75, 3.05) is 5.73 Å². The van der Waals surface area contributed by atoms with E-state index in [9.17, 15) is 10.2 Å². The van der Waals surface area contributed by atoms with Crippen molar-refractivity contribution in [3.63, 3.8) is 0 Å². The first kappa shape index (κ1) is 8.53. The lowest BCUT2D eigenvalue weighted by molar-refractivity contribution is 0.0143. The molecule has 0 fully saturated rings. The van der Waals surface area contributed by atoms with Crippen LogP contribution < -0.4 is 5.73 Å². The minimum atomic E-state index is -0.669. The number of nitrogens with two attached hydrogens (primary N) is 1. The lowest BCUT2D eigenvalue weighted by Crippen LogP contribution is -2.34. The second-order valence-corrected chi connectivity index (χ2v) is 3.53. The van der Waals surface area contributed by atoms with Gasteiger partial charge < -0.3 is 15.9 Å². The van der Waals surface area contributed by atoms with E-state index in [-0.39, 0.29) is 0 Å². The number of aliphatic hydroxyl groups excluding tert-OH is 2.